The predicted molar refractivity (Wildman–Crippen MR) is 120 cm³/mol. The van der Waals surface area contributed by atoms with Crippen LogP contribution in [0.5, 0.6) is 5.75 Å². The quantitative estimate of drug-likeness (QED) is 0.428. The van der Waals surface area contributed by atoms with E-state index < -0.39 is 24.3 Å². The number of nitrogens with zero attached hydrogens (tertiary/aromatic N) is 2. The molecule has 2 aliphatic rings. The molecule has 37 heavy (non-hydrogen) atoms. The lowest BCUT2D eigenvalue weighted by molar-refractivity contribution is -0.193. The zero-order valence-corrected chi connectivity index (χ0v) is 20.1. The molecule has 1 aromatic rings. The maximum Gasteiger partial charge on any atom is 0.490 e. The topological polar surface area (TPSA) is 99.5 Å². The molecule has 3 rings (SSSR count). The van der Waals surface area contributed by atoms with Gasteiger partial charge < -0.3 is 19.7 Å². The van der Waals surface area contributed by atoms with E-state index >= 15 is 0 Å². The maximum absolute atomic E-state index is 10.6. The Bertz CT molecular complexity index is 839. The Kier molecular flexibility index (Phi) is 12.9. The Morgan fingerprint density at radius 3 is 2.03 bits per heavy atom. The number of methoxy groups -OCH3 is 1. The van der Waals surface area contributed by atoms with Crippen LogP contribution in [-0.4, -0.2) is 96.8 Å². The molecule has 0 aliphatic carbocycles. The summed E-state index contributed by atoms with van der Waals surface area (Å²) in [4.78, 5) is 22.8. The molecule has 14 heteroatoms. The zero-order valence-electron chi connectivity index (χ0n) is 20.1. The van der Waals surface area contributed by atoms with Gasteiger partial charge in [-0.3, -0.25) is 9.80 Å². The lowest BCUT2D eigenvalue weighted by Crippen LogP contribution is -2.46. The number of hydrogen-bond donors (Lipinski definition) is 2. The molecule has 2 saturated heterocycles. The van der Waals surface area contributed by atoms with Gasteiger partial charge in [0.15, 0.2) is 0 Å². The van der Waals surface area contributed by atoms with E-state index in [2.05, 4.69) is 28.5 Å². The number of carbonyl (C=O) groups is 2. The lowest BCUT2D eigenvalue weighted by atomic mass is 9.93. The van der Waals surface area contributed by atoms with Crippen molar-refractivity contribution in [2.75, 3.05) is 46.4 Å². The Hall–Kier alpha value is -2.84. The highest BCUT2D eigenvalue weighted by molar-refractivity contribution is 5.73. The summed E-state index contributed by atoms with van der Waals surface area (Å²) in [5.41, 5.74) is 1.34. The van der Waals surface area contributed by atoms with Crippen molar-refractivity contribution in [3.63, 3.8) is 0 Å². The molecule has 0 spiro atoms. The number of ether oxygens (including phenoxy) is 2. The number of carboxylic acid groups (broad SMARTS) is 2. The van der Waals surface area contributed by atoms with Crippen LogP contribution < -0.4 is 4.74 Å². The smallest absolute Gasteiger partial charge is 0.490 e. The van der Waals surface area contributed by atoms with Crippen molar-refractivity contribution in [1.29, 1.82) is 0 Å². The van der Waals surface area contributed by atoms with Gasteiger partial charge in [-0.1, -0.05) is 18.2 Å². The molecule has 0 unspecified atom stereocenters. The standard InChI is InChI=1S/C19H28N2O2.2C2HF3O2/c1-3-9-20-11-12-23-19-15-21(10-8-17(19)14-20)13-16-4-6-18(22-2)7-5-16;2*3-2(4,5)1(6)7/h3-7,17,19H,1,8-15H2,2H3;2*(H,6,7)/t17-,19-;;/m1../s1. The number of alkyl halides is 6. The summed E-state index contributed by atoms with van der Waals surface area (Å²) in [6, 6.07) is 8.39. The van der Waals surface area contributed by atoms with Crippen molar-refractivity contribution in [2.45, 2.75) is 31.4 Å². The minimum absolute atomic E-state index is 0.372. The largest absolute Gasteiger partial charge is 0.497 e. The van der Waals surface area contributed by atoms with Gasteiger partial charge in [-0.25, -0.2) is 9.59 Å². The average molecular weight is 544 g/mol. The fourth-order valence-electron chi connectivity index (χ4n) is 3.66. The van der Waals surface area contributed by atoms with Gasteiger partial charge in [-0.2, -0.15) is 26.3 Å². The molecule has 1 aromatic carbocycles. The monoisotopic (exact) mass is 544 g/mol. The van der Waals surface area contributed by atoms with E-state index in [-0.39, 0.29) is 0 Å². The van der Waals surface area contributed by atoms with Gasteiger partial charge in [0, 0.05) is 38.6 Å². The number of fused-ring (bicyclic) bond motifs is 1. The summed E-state index contributed by atoms with van der Waals surface area (Å²) in [5.74, 6) is -3.94. The Morgan fingerprint density at radius 1 is 1.03 bits per heavy atom. The normalized spacial score (nSPS) is 20.6. The first-order valence-electron chi connectivity index (χ1n) is 11.1. The summed E-state index contributed by atoms with van der Waals surface area (Å²) < 4.78 is 74.9. The molecule has 0 aromatic heterocycles. The molecule has 210 valence electrons. The minimum atomic E-state index is -5.08. The van der Waals surface area contributed by atoms with Crippen LogP contribution in [0.15, 0.2) is 36.9 Å². The molecule has 0 radical (unpaired) electrons. The highest BCUT2D eigenvalue weighted by Crippen LogP contribution is 2.25. The second kappa shape index (κ2) is 14.8. The SMILES string of the molecule is C=CCN1CCO[C@@H]2CN(Cc3ccc(OC)cc3)CC[C@@H]2C1.O=C(O)C(F)(F)F.O=C(O)C(F)(F)F. The molecule has 8 nitrogen and oxygen atoms in total. The van der Waals surface area contributed by atoms with Crippen LogP contribution in [0, 0.1) is 5.92 Å². The van der Waals surface area contributed by atoms with Crippen LogP contribution in [0.2, 0.25) is 0 Å². The summed E-state index contributed by atoms with van der Waals surface area (Å²) in [6.07, 6.45) is -6.58. The first-order chi connectivity index (χ1) is 17.2. The second-order valence-electron chi connectivity index (χ2n) is 8.20. The average Bonchev–Trinajstić information content (AvgIpc) is 3.01. The Labute approximate surface area is 210 Å². The molecule has 2 heterocycles. The van der Waals surface area contributed by atoms with Crippen molar-refractivity contribution in [3.05, 3.63) is 42.5 Å². The van der Waals surface area contributed by atoms with E-state index in [0.717, 1.165) is 51.6 Å². The van der Waals surface area contributed by atoms with Gasteiger partial charge in [0.25, 0.3) is 0 Å². The third kappa shape index (κ3) is 12.3. The zero-order chi connectivity index (χ0) is 28.2. The van der Waals surface area contributed by atoms with Gasteiger partial charge in [0.1, 0.15) is 5.75 Å². The van der Waals surface area contributed by atoms with Gasteiger partial charge in [-0.05, 0) is 30.7 Å². The number of aliphatic carboxylic acids is 2. The van der Waals surface area contributed by atoms with Gasteiger partial charge in [-0.15, -0.1) is 6.58 Å². The second-order valence-corrected chi connectivity index (χ2v) is 8.20. The number of hydrogen-bond acceptors (Lipinski definition) is 6. The van der Waals surface area contributed by atoms with E-state index in [1.54, 1.807) is 7.11 Å². The van der Waals surface area contributed by atoms with Crippen molar-refractivity contribution < 1.29 is 55.6 Å². The van der Waals surface area contributed by atoms with Crippen molar-refractivity contribution >= 4 is 11.9 Å². The third-order valence-corrected chi connectivity index (χ3v) is 5.45. The highest BCUT2D eigenvalue weighted by Gasteiger charge is 2.39. The number of likely N-dealkylation sites (tertiary alicyclic amines) is 1. The summed E-state index contributed by atoms with van der Waals surface area (Å²) in [6.45, 7) is 11.0. The molecule has 2 atom stereocenters. The van der Waals surface area contributed by atoms with Crippen LogP contribution in [0.3, 0.4) is 0 Å². The highest BCUT2D eigenvalue weighted by atomic mass is 19.4. The number of rotatable bonds is 5. The van der Waals surface area contributed by atoms with Crippen LogP contribution in [0.25, 0.3) is 0 Å². The van der Waals surface area contributed by atoms with Crippen LogP contribution in [0.1, 0.15) is 12.0 Å². The van der Waals surface area contributed by atoms with Crippen LogP contribution in [0.4, 0.5) is 26.3 Å². The van der Waals surface area contributed by atoms with Crippen LogP contribution >= 0.6 is 0 Å². The Balaban J connectivity index is 0.000000404. The number of benzene rings is 1. The summed E-state index contributed by atoms with van der Waals surface area (Å²) in [5, 5.41) is 14.2. The van der Waals surface area contributed by atoms with Gasteiger partial charge >= 0.3 is 24.3 Å². The Morgan fingerprint density at radius 2 is 1.57 bits per heavy atom. The molecule has 0 amide bonds. The van der Waals surface area contributed by atoms with E-state index in [4.69, 9.17) is 29.3 Å². The molecule has 0 bridgehead atoms. The fourth-order valence-corrected chi connectivity index (χ4v) is 3.66. The van der Waals surface area contributed by atoms with E-state index in [9.17, 15) is 26.3 Å². The van der Waals surface area contributed by atoms with Crippen molar-refractivity contribution in [3.8, 4) is 5.75 Å². The summed E-state index contributed by atoms with van der Waals surface area (Å²) in [7, 11) is 1.71. The molecule has 2 fully saturated rings. The maximum atomic E-state index is 10.6. The fraction of sp³-hybridized carbons (Fsp3) is 0.565. The predicted octanol–water partition coefficient (Wildman–Crippen LogP) is 3.67. The van der Waals surface area contributed by atoms with E-state index in [1.807, 2.05) is 18.2 Å². The summed E-state index contributed by atoms with van der Waals surface area (Å²) >= 11 is 0. The van der Waals surface area contributed by atoms with Gasteiger partial charge in [0.2, 0.25) is 0 Å². The number of halogens is 6. The third-order valence-electron chi connectivity index (χ3n) is 5.45. The molecule has 2 aliphatic heterocycles. The van der Waals surface area contributed by atoms with Crippen molar-refractivity contribution in [1.82, 2.24) is 9.80 Å². The van der Waals surface area contributed by atoms with E-state index in [0.29, 0.717) is 12.0 Å². The molecule has 2 N–H and O–H groups in total. The van der Waals surface area contributed by atoms with Crippen molar-refractivity contribution in [2.24, 2.45) is 5.92 Å². The molecular formula is C23H30F6N2O6. The molecular weight excluding hydrogens is 514 g/mol. The van der Waals surface area contributed by atoms with Crippen LogP contribution in [-0.2, 0) is 20.9 Å². The van der Waals surface area contributed by atoms with Gasteiger partial charge in [0.05, 0.1) is 19.8 Å². The first kappa shape index (κ1) is 32.2. The first-order valence-corrected chi connectivity index (χ1v) is 11.1. The number of piperidine rings is 1. The lowest BCUT2D eigenvalue weighted by Gasteiger charge is -2.38. The number of carboxylic acids is 2. The minimum Gasteiger partial charge on any atom is -0.497 e. The van der Waals surface area contributed by atoms with E-state index in [1.165, 1.54) is 12.0 Å². The molecule has 0 saturated carbocycles.